The zero-order chi connectivity index (χ0) is 10.4. The zero-order valence-electron chi connectivity index (χ0n) is 8.53. The maximum Gasteiger partial charge on any atom is 0.0730 e. The third kappa shape index (κ3) is 4.07. The Bertz CT molecular complexity index is 290. The van der Waals surface area contributed by atoms with Gasteiger partial charge in [-0.1, -0.05) is 40.2 Å². The molecule has 1 unspecified atom stereocenters. The molecule has 76 valence electrons. The standard InChI is InChI=1S/C12H15BrO/c1-3-14-10(2)4-5-11-6-8-12(13)9-7-11/h4-10H,3H2,1-2H3/b5-4+. The van der Waals surface area contributed by atoms with E-state index in [2.05, 4.69) is 40.2 Å². The van der Waals surface area contributed by atoms with Crippen LogP contribution in [0.25, 0.3) is 6.08 Å². The Morgan fingerprint density at radius 3 is 2.57 bits per heavy atom. The highest BCUT2D eigenvalue weighted by atomic mass is 79.9. The van der Waals surface area contributed by atoms with Crippen molar-refractivity contribution in [1.29, 1.82) is 0 Å². The van der Waals surface area contributed by atoms with Crippen molar-refractivity contribution >= 4 is 22.0 Å². The van der Waals surface area contributed by atoms with Crippen molar-refractivity contribution in [2.24, 2.45) is 0 Å². The maximum atomic E-state index is 5.39. The SMILES string of the molecule is CCOC(C)/C=C/c1ccc(Br)cc1. The van der Waals surface area contributed by atoms with Crippen LogP contribution in [0.5, 0.6) is 0 Å². The minimum Gasteiger partial charge on any atom is -0.375 e. The van der Waals surface area contributed by atoms with Crippen LogP contribution < -0.4 is 0 Å². The Labute approximate surface area is 93.9 Å². The number of hydrogen-bond acceptors (Lipinski definition) is 1. The number of ether oxygens (including phenoxy) is 1. The molecule has 1 aromatic carbocycles. The Morgan fingerprint density at radius 1 is 1.36 bits per heavy atom. The molecule has 0 aliphatic carbocycles. The number of halogens is 1. The first-order valence-corrected chi connectivity index (χ1v) is 5.57. The fourth-order valence-electron chi connectivity index (χ4n) is 1.14. The summed E-state index contributed by atoms with van der Waals surface area (Å²) in [5.74, 6) is 0. The molecule has 0 fully saturated rings. The second kappa shape index (κ2) is 5.99. The minimum absolute atomic E-state index is 0.184. The highest BCUT2D eigenvalue weighted by Gasteiger charge is 1.93. The van der Waals surface area contributed by atoms with E-state index in [0.717, 1.165) is 11.1 Å². The van der Waals surface area contributed by atoms with E-state index in [0.29, 0.717) is 0 Å². The van der Waals surface area contributed by atoms with Crippen LogP contribution in [0.3, 0.4) is 0 Å². The number of rotatable bonds is 4. The summed E-state index contributed by atoms with van der Waals surface area (Å²) in [6, 6.07) is 8.20. The van der Waals surface area contributed by atoms with Gasteiger partial charge in [-0.3, -0.25) is 0 Å². The lowest BCUT2D eigenvalue weighted by atomic mass is 10.2. The van der Waals surface area contributed by atoms with Gasteiger partial charge >= 0.3 is 0 Å². The van der Waals surface area contributed by atoms with Gasteiger partial charge in [-0.15, -0.1) is 0 Å². The van der Waals surface area contributed by atoms with Gasteiger partial charge in [-0.05, 0) is 31.5 Å². The summed E-state index contributed by atoms with van der Waals surface area (Å²) in [4.78, 5) is 0. The van der Waals surface area contributed by atoms with Crippen molar-refractivity contribution < 1.29 is 4.74 Å². The Kier molecular flexibility index (Phi) is 4.91. The van der Waals surface area contributed by atoms with Gasteiger partial charge in [0.15, 0.2) is 0 Å². The van der Waals surface area contributed by atoms with Crippen LogP contribution in [0.1, 0.15) is 19.4 Å². The number of hydrogen-bond donors (Lipinski definition) is 0. The van der Waals surface area contributed by atoms with E-state index in [1.165, 1.54) is 5.56 Å². The van der Waals surface area contributed by atoms with E-state index in [4.69, 9.17) is 4.74 Å². The molecule has 1 nitrogen and oxygen atoms in total. The summed E-state index contributed by atoms with van der Waals surface area (Å²) in [6.07, 6.45) is 4.32. The van der Waals surface area contributed by atoms with Crippen LogP contribution in [0.15, 0.2) is 34.8 Å². The molecule has 0 aliphatic rings. The molecule has 0 aliphatic heterocycles. The lowest BCUT2D eigenvalue weighted by molar-refractivity contribution is 0.110. The molecule has 0 saturated heterocycles. The Balaban J connectivity index is 2.55. The van der Waals surface area contributed by atoms with Crippen molar-refractivity contribution in [2.45, 2.75) is 20.0 Å². The van der Waals surface area contributed by atoms with E-state index in [-0.39, 0.29) is 6.10 Å². The van der Waals surface area contributed by atoms with Gasteiger partial charge in [0.1, 0.15) is 0 Å². The molecule has 0 heterocycles. The first-order valence-electron chi connectivity index (χ1n) is 4.77. The summed E-state index contributed by atoms with van der Waals surface area (Å²) >= 11 is 3.40. The molecule has 0 bridgehead atoms. The van der Waals surface area contributed by atoms with Crippen LogP contribution in [-0.2, 0) is 4.74 Å². The van der Waals surface area contributed by atoms with E-state index in [9.17, 15) is 0 Å². The van der Waals surface area contributed by atoms with Crippen LogP contribution in [0.4, 0.5) is 0 Å². The average Bonchev–Trinajstić information content (AvgIpc) is 2.17. The third-order valence-electron chi connectivity index (χ3n) is 1.86. The van der Waals surface area contributed by atoms with Crippen molar-refractivity contribution in [1.82, 2.24) is 0 Å². The predicted octanol–water partition coefficient (Wildman–Crippen LogP) is 3.89. The minimum atomic E-state index is 0.184. The second-order valence-corrected chi connectivity index (χ2v) is 3.99. The summed E-state index contributed by atoms with van der Waals surface area (Å²) in [5, 5.41) is 0. The third-order valence-corrected chi connectivity index (χ3v) is 2.39. The number of benzene rings is 1. The van der Waals surface area contributed by atoms with Crippen LogP contribution in [0.2, 0.25) is 0 Å². The fraction of sp³-hybridized carbons (Fsp3) is 0.333. The van der Waals surface area contributed by atoms with Gasteiger partial charge in [-0.25, -0.2) is 0 Å². The Morgan fingerprint density at radius 2 is 2.00 bits per heavy atom. The molecular formula is C12H15BrO. The fourth-order valence-corrected chi connectivity index (χ4v) is 1.40. The highest BCUT2D eigenvalue weighted by molar-refractivity contribution is 9.10. The maximum absolute atomic E-state index is 5.39. The summed E-state index contributed by atoms with van der Waals surface area (Å²) in [7, 11) is 0. The zero-order valence-corrected chi connectivity index (χ0v) is 10.1. The van der Waals surface area contributed by atoms with Gasteiger partial charge in [-0.2, -0.15) is 0 Å². The lowest BCUT2D eigenvalue weighted by Gasteiger charge is -2.04. The van der Waals surface area contributed by atoms with Crippen molar-refractivity contribution in [3.8, 4) is 0 Å². The average molecular weight is 255 g/mol. The molecule has 2 heteroatoms. The largest absolute Gasteiger partial charge is 0.375 e. The first-order chi connectivity index (χ1) is 6.72. The van der Waals surface area contributed by atoms with E-state index < -0.39 is 0 Å². The van der Waals surface area contributed by atoms with Gasteiger partial charge in [0, 0.05) is 11.1 Å². The van der Waals surface area contributed by atoms with Crippen molar-refractivity contribution in [3.05, 3.63) is 40.4 Å². The monoisotopic (exact) mass is 254 g/mol. The quantitative estimate of drug-likeness (QED) is 0.793. The summed E-state index contributed by atoms with van der Waals surface area (Å²) < 4.78 is 6.50. The van der Waals surface area contributed by atoms with Gasteiger partial charge in [0.05, 0.1) is 6.10 Å². The molecule has 0 amide bonds. The molecular weight excluding hydrogens is 240 g/mol. The lowest BCUT2D eigenvalue weighted by Crippen LogP contribution is -2.02. The van der Waals surface area contributed by atoms with Crippen LogP contribution in [-0.4, -0.2) is 12.7 Å². The molecule has 1 rings (SSSR count). The highest BCUT2D eigenvalue weighted by Crippen LogP contribution is 2.11. The molecule has 0 saturated carbocycles. The van der Waals surface area contributed by atoms with Gasteiger partial charge in [0.2, 0.25) is 0 Å². The Hall–Kier alpha value is -0.600. The van der Waals surface area contributed by atoms with E-state index >= 15 is 0 Å². The smallest absolute Gasteiger partial charge is 0.0730 e. The molecule has 1 atom stereocenters. The van der Waals surface area contributed by atoms with E-state index in [1.54, 1.807) is 0 Å². The molecule has 0 aromatic heterocycles. The molecule has 1 aromatic rings. The molecule has 0 radical (unpaired) electrons. The summed E-state index contributed by atoms with van der Waals surface area (Å²) in [6.45, 7) is 4.80. The van der Waals surface area contributed by atoms with Gasteiger partial charge < -0.3 is 4.74 Å². The van der Waals surface area contributed by atoms with Gasteiger partial charge in [0.25, 0.3) is 0 Å². The summed E-state index contributed by atoms with van der Waals surface area (Å²) in [5.41, 5.74) is 1.19. The topological polar surface area (TPSA) is 9.23 Å². The van der Waals surface area contributed by atoms with Crippen LogP contribution in [0, 0.1) is 0 Å². The van der Waals surface area contributed by atoms with Crippen molar-refractivity contribution in [2.75, 3.05) is 6.61 Å². The normalized spacial score (nSPS) is 13.4. The first kappa shape index (κ1) is 11.5. The van der Waals surface area contributed by atoms with Crippen LogP contribution >= 0.6 is 15.9 Å². The van der Waals surface area contributed by atoms with E-state index in [1.807, 2.05) is 26.0 Å². The molecule has 0 N–H and O–H groups in total. The second-order valence-electron chi connectivity index (χ2n) is 3.07. The molecule has 0 spiro atoms. The molecule has 14 heavy (non-hydrogen) atoms. The predicted molar refractivity (Wildman–Crippen MR) is 64.3 cm³/mol. The van der Waals surface area contributed by atoms with Crippen molar-refractivity contribution in [3.63, 3.8) is 0 Å².